The zero-order valence-corrected chi connectivity index (χ0v) is 9.75. The Labute approximate surface area is 93.3 Å². The second kappa shape index (κ2) is 3.44. The Balaban J connectivity index is 2.92. The predicted molar refractivity (Wildman–Crippen MR) is 62.2 cm³/mol. The number of aldehydes is 1. The molecule has 0 radical (unpaired) electrons. The van der Waals surface area contributed by atoms with Gasteiger partial charge in [0, 0.05) is 19.6 Å². The first-order valence-electron chi connectivity index (χ1n) is 3.58. The van der Waals surface area contributed by atoms with Crippen LogP contribution in [0.2, 0.25) is 0 Å². The number of rotatable bonds is 1. The third-order valence-electron chi connectivity index (χ3n) is 1.82. The first kappa shape index (κ1) is 9.24. The minimum atomic E-state index is 0.623. The molecule has 1 aromatic heterocycles. The summed E-state index contributed by atoms with van der Waals surface area (Å²) in [6, 6.07) is 3.95. The molecular formula is C9H5BrOS2. The lowest BCUT2D eigenvalue weighted by Crippen LogP contribution is -1.84. The Hall–Kier alpha value is -0.320. The first-order valence-corrected chi connectivity index (χ1v) is 5.70. The van der Waals surface area contributed by atoms with Crippen LogP contribution in [0.1, 0.15) is 10.4 Å². The molecule has 0 atom stereocenters. The van der Waals surface area contributed by atoms with Crippen LogP contribution >= 0.6 is 39.9 Å². The Morgan fingerprint density at radius 3 is 3.00 bits per heavy atom. The number of thiol groups is 1. The molecule has 0 aliphatic heterocycles. The van der Waals surface area contributed by atoms with E-state index in [4.69, 9.17) is 0 Å². The van der Waals surface area contributed by atoms with Crippen molar-refractivity contribution in [3.05, 3.63) is 27.5 Å². The van der Waals surface area contributed by atoms with Gasteiger partial charge < -0.3 is 0 Å². The van der Waals surface area contributed by atoms with Gasteiger partial charge in [0.1, 0.15) is 0 Å². The standard InChI is InChI=1S/C9H5BrOS2/c10-7-3-5-1-2-13-9(5)8(12)6(7)4-11/h1-4,12H. The summed E-state index contributed by atoms with van der Waals surface area (Å²) in [7, 11) is 0. The number of benzene rings is 1. The number of thiophene rings is 1. The summed E-state index contributed by atoms with van der Waals surface area (Å²) in [5, 5.41) is 3.11. The zero-order chi connectivity index (χ0) is 9.42. The molecule has 0 fully saturated rings. The van der Waals surface area contributed by atoms with Crippen LogP contribution in [-0.4, -0.2) is 6.29 Å². The van der Waals surface area contributed by atoms with Crippen LogP contribution in [0.4, 0.5) is 0 Å². The van der Waals surface area contributed by atoms with E-state index < -0.39 is 0 Å². The van der Waals surface area contributed by atoms with Gasteiger partial charge in [-0.1, -0.05) is 0 Å². The highest BCUT2D eigenvalue weighted by atomic mass is 79.9. The second-order valence-electron chi connectivity index (χ2n) is 2.58. The molecule has 0 aliphatic rings. The van der Waals surface area contributed by atoms with Crippen molar-refractivity contribution >= 4 is 56.3 Å². The van der Waals surface area contributed by atoms with Crippen molar-refractivity contribution in [1.82, 2.24) is 0 Å². The highest BCUT2D eigenvalue weighted by Gasteiger charge is 2.08. The van der Waals surface area contributed by atoms with Crippen LogP contribution in [0.5, 0.6) is 0 Å². The SMILES string of the molecule is O=Cc1c(Br)cc2ccsc2c1S. The van der Waals surface area contributed by atoms with Gasteiger partial charge in [-0.25, -0.2) is 0 Å². The molecular weight excluding hydrogens is 268 g/mol. The van der Waals surface area contributed by atoms with E-state index >= 15 is 0 Å². The maximum absolute atomic E-state index is 10.7. The van der Waals surface area contributed by atoms with Crippen molar-refractivity contribution in [2.45, 2.75) is 4.90 Å². The Kier molecular flexibility index (Phi) is 2.45. The van der Waals surface area contributed by atoms with Gasteiger partial charge in [0.25, 0.3) is 0 Å². The fraction of sp³-hybridized carbons (Fsp3) is 0. The number of carbonyl (C=O) groups excluding carboxylic acids is 1. The summed E-state index contributed by atoms with van der Waals surface area (Å²) in [6.07, 6.45) is 0.825. The van der Waals surface area contributed by atoms with Gasteiger partial charge in [0.05, 0.1) is 0 Å². The van der Waals surface area contributed by atoms with E-state index in [0.29, 0.717) is 5.56 Å². The number of halogens is 1. The molecule has 0 unspecified atom stereocenters. The van der Waals surface area contributed by atoms with Gasteiger partial charge in [-0.2, -0.15) is 0 Å². The maximum Gasteiger partial charge on any atom is 0.152 e. The largest absolute Gasteiger partial charge is 0.298 e. The fourth-order valence-corrected chi connectivity index (χ4v) is 3.17. The van der Waals surface area contributed by atoms with E-state index in [1.165, 1.54) is 0 Å². The number of hydrogen-bond donors (Lipinski definition) is 1. The summed E-state index contributed by atoms with van der Waals surface area (Å²) in [4.78, 5) is 11.5. The fourth-order valence-electron chi connectivity index (χ4n) is 1.19. The summed E-state index contributed by atoms with van der Waals surface area (Å²) in [5.41, 5.74) is 0.623. The van der Waals surface area contributed by atoms with Gasteiger partial charge in [-0.05, 0) is 38.8 Å². The molecule has 0 saturated carbocycles. The van der Waals surface area contributed by atoms with E-state index in [0.717, 1.165) is 25.7 Å². The average molecular weight is 273 g/mol. The van der Waals surface area contributed by atoms with Crippen molar-refractivity contribution in [3.8, 4) is 0 Å². The smallest absolute Gasteiger partial charge is 0.152 e. The Morgan fingerprint density at radius 1 is 1.54 bits per heavy atom. The lowest BCUT2D eigenvalue weighted by Gasteiger charge is -2.01. The van der Waals surface area contributed by atoms with Gasteiger partial charge in [-0.15, -0.1) is 24.0 Å². The highest BCUT2D eigenvalue weighted by molar-refractivity contribution is 9.10. The molecule has 2 aromatic rings. The maximum atomic E-state index is 10.7. The van der Waals surface area contributed by atoms with Crippen molar-refractivity contribution in [2.75, 3.05) is 0 Å². The van der Waals surface area contributed by atoms with Crippen molar-refractivity contribution in [1.29, 1.82) is 0 Å². The normalized spacial score (nSPS) is 10.6. The summed E-state index contributed by atoms with van der Waals surface area (Å²) in [5.74, 6) is 0. The minimum absolute atomic E-state index is 0.623. The molecule has 1 aromatic carbocycles. The molecule has 4 heteroatoms. The van der Waals surface area contributed by atoms with Crippen molar-refractivity contribution < 1.29 is 4.79 Å². The Morgan fingerprint density at radius 2 is 2.31 bits per heavy atom. The van der Waals surface area contributed by atoms with Crippen LogP contribution in [-0.2, 0) is 0 Å². The number of hydrogen-bond acceptors (Lipinski definition) is 3. The van der Waals surface area contributed by atoms with E-state index in [1.54, 1.807) is 11.3 Å². The van der Waals surface area contributed by atoms with E-state index in [1.807, 2.05) is 17.5 Å². The van der Waals surface area contributed by atoms with Crippen LogP contribution < -0.4 is 0 Å². The van der Waals surface area contributed by atoms with Crippen LogP contribution in [0.15, 0.2) is 26.9 Å². The third-order valence-corrected chi connectivity index (χ3v) is 4.04. The Bertz CT molecular complexity index is 476. The summed E-state index contributed by atoms with van der Waals surface area (Å²) >= 11 is 9.26. The van der Waals surface area contributed by atoms with E-state index in [-0.39, 0.29) is 0 Å². The minimum Gasteiger partial charge on any atom is -0.298 e. The molecule has 0 spiro atoms. The zero-order valence-electron chi connectivity index (χ0n) is 6.45. The van der Waals surface area contributed by atoms with Gasteiger partial charge >= 0.3 is 0 Å². The topological polar surface area (TPSA) is 17.1 Å². The van der Waals surface area contributed by atoms with Crippen LogP contribution in [0, 0.1) is 0 Å². The van der Waals surface area contributed by atoms with E-state index in [9.17, 15) is 4.79 Å². The first-order chi connectivity index (χ1) is 6.24. The summed E-state index contributed by atoms with van der Waals surface area (Å²) < 4.78 is 1.87. The second-order valence-corrected chi connectivity index (χ2v) is 4.80. The third kappa shape index (κ3) is 1.43. The lowest BCUT2D eigenvalue weighted by molar-refractivity contribution is 0.112. The van der Waals surface area contributed by atoms with E-state index in [2.05, 4.69) is 28.6 Å². The highest BCUT2D eigenvalue weighted by Crippen LogP contribution is 2.34. The van der Waals surface area contributed by atoms with Crippen LogP contribution in [0.3, 0.4) is 0 Å². The molecule has 13 heavy (non-hydrogen) atoms. The van der Waals surface area contributed by atoms with Gasteiger partial charge in [0.15, 0.2) is 6.29 Å². The molecule has 1 nitrogen and oxygen atoms in total. The quantitative estimate of drug-likeness (QED) is 0.618. The monoisotopic (exact) mass is 272 g/mol. The van der Waals surface area contributed by atoms with Crippen LogP contribution in [0.25, 0.3) is 10.1 Å². The molecule has 0 N–H and O–H groups in total. The predicted octanol–water partition coefficient (Wildman–Crippen LogP) is 3.77. The molecule has 66 valence electrons. The van der Waals surface area contributed by atoms with Gasteiger partial charge in [-0.3, -0.25) is 4.79 Å². The van der Waals surface area contributed by atoms with Crippen molar-refractivity contribution in [3.63, 3.8) is 0 Å². The molecule has 1 heterocycles. The summed E-state index contributed by atoms with van der Waals surface area (Å²) in [6.45, 7) is 0. The molecule has 0 aliphatic carbocycles. The molecule has 0 bridgehead atoms. The number of carbonyl (C=O) groups is 1. The molecule has 0 amide bonds. The molecule has 0 saturated heterocycles. The van der Waals surface area contributed by atoms with Gasteiger partial charge in [0.2, 0.25) is 0 Å². The average Bonchev–Trinajstić information content (AvgIpc) is 2.53. The molecule has 2 rings (SSSR count). The number of fused-ring (bicyclic) bond motifs is 1. The van der Waals surface area contributed by atoms with Crippen molar-refractivity contribution in [2.24, 2.45) is 0 Å². The lowest BCUT2D eigenvalue weighted by atomic mass is 10.2.